The number of aryl methyl sites for hydroxylation is 2. The van der Waals surface area contributed by atoms with Gasteiger partial charge in [-0.3, -0.25) is 0 Å². The molecule has 0 N–H and O–H groups in total. The molecule has 0 aliphatic rings. The molecule has 0 amide bonds. The Balaban J connectivity index is 2.28. The Hall–Kier alpha value is -2.12. The molecule has 0 atom stereocenters. The average molecular weight is 361 g/mol. The molecule has 0 radical (unpaired) electrons. The molecule has 112 valence electrons. The van der Waals surface area contributed by atoms with Crippen LogP contribution < -0.4 is 0 Å². The van der Waals surface area contributed by atoms with Crippen molar-refractivity contribution in [1.29, 1.82) is 0 Å². The molecular weight excluding hydrogens is 344 g/mol. The lowest BCUT2D eigenvalue weighted by molar-refractivity contribution is 1.40. The summed E-state index contributed by atoms with van der Waals surface area (Å²) < 4.78 is 1.18. The van der Waals surface area contributed by atoms with Crippen molar-refractivity contribution < 1.29 is 0 Å². The Morgan fingerprint density at radius 2 is 1.17 bits per heavy atom. The molecule has 0 heterocycles. The van der Waals surface area contributed by atoms with E-state index in [2.05, 4.69) is 96.5 Å². The molecule has 0 saturated carbocycles. The maximum absolute atomic E-state index is 3.82. The minimum absolute atomic E-state index is 1.18. The van der Waals surface area contributed by atoms with Gasteiger partial charge >= 0.3 is 0 Å². The smallest absolute Gasteiger partial charge is 0.0332 e. The quantitative estimate of drug-likeness (QED) is 0.319. The van der Waals surface area contributed by atoms with Crippen molar-refractivity contribution in [3.05, 3.63) is 82.3 Å². The molecule has 0 bridgehead atoms. The van der Waals surface area contributed by atoms with Crippen LogP contribution in [0.3, 0.4) is 0 Å². The van der Waals surface area contributed by atoms with Gasteiger partial charge in [-0.2, -0.15) is 0 Å². The summed E-state index contributed by atoms with van der Waals surface area (Å²) in [4.78, 5) is 0. The molecule has 4 aromatic carbocycles. The molecule has 0 fully saturated rings. The number of hydrogen-bond donors (Lipinski definition) is 0. The van der Waals surface area contributed by atoms with Gasteiger partial charge in [0, 0.05) is 4.47 Å². The van der Waals surface area contributed by atoms with Crippen LogP contribution in [-0.2, 0) is 0 Å². The summed E-state index contributed by atoms with van der Waals surface area (Å²) in [5.74, 6) is 0. The van der Waals surface area contributed by atoms with Gasteiger partial charge in [-0.05, 0) is 68.0 Å². The van der Waals surface area contributed by atoms with E-state index >= 15 is 0 Å². The molecule has 4 aromatic rings. The lowest BCUT2D eigenvalue weighted by atomic mass is 9.89. The van der Waals surface area contributed by atoms with E-state index < -0.39 is 0 Å². The van der Waals surface area contributed by atoms with E-state index in [0.29, 0.717) is 0 Å². The second-order valence-electron chi connectivity index (χ2n) is 6.10. The molecule has 0 saturated heterocycles. The fraction of sp³-hybridized carbons (Fsp3) is 0.0909. The third kappa shape index (κ3) is 2.27. The number of benzene rings is 4. The highest BCUT2D eigenvalue weighted by Crippen LogP contribution is 2.42. The summed E-state index contributed by atoms with van der Waals surface area (Å²) in [6.45, 7) is 4.35. The zero-order valence-corrected chi connectivity index (χ0v) is 14.8. The predicted molar refractivity (Wildman–Crippen MR) is 104 cm³/mol. The molecule has 23 heavy (non-hydrogen) atoms. The highest BCUT2D eigenvalue weighted by Gasteiger charge is 2.14. The second-order valence-corrected chi connectivity index (χ2v) is 6.89. The molecule has 0 spiro atoms. The molecule has 4 rings (SSSR count). The van der Waals surface area contributed by atoms with Crippen molar-refractivity contribution in [1.82, 2.24) is 0 Å². The summed E-state index contributed by atoms with van der Waals surface area (Å²) >= 11 is 3.82. The number of halogens is 1. The van der Waals surface area contributed by atoms with Crippen LogP contribution in [0.15, 0.2) is 71.2 Å². The van der Waals surface area contributed by atoms with Crippen molar-refractivity contribution in [3.8, 4) is 11.1 Å². The number of rotatable bonds is 1. The fourth-order valence-corrected chi connectivity index (χ4v) is 4.06. The van der Waals surface area contributed by atoms with Crippen molar-refractivity contribution in [2.75, 3.05) is 0 Å². The zero-order valence-electron chi connectivity index (χ0n) is 13.2. The average Bonchev–Trinajstić information content (AvgIpc) is 2.58. The van der Waals surface area contributed by atoms with Gasteiger partial charge in [-0.1, -0.05) is 72.3 Å². The van der Waals surface area contributed by atoms with Crippen molar-refractivity contribution >= 4 is 37.5 Å². The van der Waals surface area contributed by atoms with E-state index in [1.807, 2.05) is 0 Å². The molecule has 0 aliphatic carbocycles. The summed E-state index contributed by atoms with van der Waals surface area (Å²) in [5.41, 5.74) is 5.26. The third-order valence-electron chi connectivity index (χ3n) is 4.53. The largest absolute Gasteiger partial charge is 0.0616 e. The summed E-state index contributed by atoms with van der Waals surface area (Å²) in [6.07, 6.45) is 0. The summed E-state index contributed by atoms with van der Waals surface area (Å²) in [7, 11) is 0. The molecule has 0 aliphatic heterocycles. The van der Waals surface area contributed by atoms with Crippen molar-refractivity contribution in [2.24, 2.45) is 0 Å². The number of fused-ring (bicyclic) bond motifs is 2. The lowest BCUT2D eigenvalue weighted by Crippen LogP contribution is -1.90. The second kappa shape index (κ2) is 5.50. The Bertz CT molecular complexity index is 987. The van der Waals surface area contributed by atoms with Crippen LogP contribution >= 0.6 is 15.9 Å². The van der Waals surface area contributed by atoms with Gasteiger partial charge in [-0.25, -0.2) is 0 Å². The van der Waals surface area contributed by atoms with Crippen molar-refractivity contribution in [2.45, 2.75) is 13.8 Å². The molecule has 0 nitrogen and oxygen atoms in total. The normalized spacial score (nSPS) is 11.3. The Kier molecular flexibility index (Phi) is 3.46. The van der Waals surface area contributed by atoms with E-state index in [1.165, 1.54) is 48.3 Å². The first kappa shape index (κ1) is 14.5. The highest BCUT2D eigenvalue weighted by molar-refractivity contribution is 9.10. The Morgan fingerprint density at radius 3 is 1.74 bits per heavy atom. The third-order valence-corrected chi connectivity index (χ3v) is 5.38. The van der Waals surface area contributed by atoms with Crippen LogP contribution in [0.1, 0.15) is 11.1 Å². The maximum atomic E-state index is 3.82. The minimum atomic E-state index is 1.18. The Morgan fingerprint density at radius 1 is 0.652 bits per heavy atom. The van der Waals surface area contributed by atoms with Gasteiger partial charge < -0.3 is 0 Å². The maximum Gasteiger partial charge on any atom is 0.0332 e. The van der Waals surface area contributed by atoms with Crippen LogP contribution in [0.25, 0.3) is 32.7 Å². The van der Waals surface area contributed by atoms with E-state index in [-0.39, 0.29) is 0 Å². The molecule has 0 aromatic heterocycles. The van der Waals surface area contributed by atoms with Gasteiger partial charge in [0.05, 0.1) is 0 Å². The highest BCUT2D eigenvalue weighted by atomic mass is 79.9. The van der Waals surface area contributed by atoms with Crippen LogP contribution in [0.2, 0.25) is 0 Å². The fourth-order valence-electron chi connectivity index (χ4n) is 3.37. The Labute approximate surface area is 144 Å². The first-order valence-corrected chi connectivity index (χ1v) is 8.62. The molecular formula is C22H17Br. The van der Waals surface area contributed by atoms with Crippen LogP contribution in [0.5, 0.6) is 0 Å². The van der Waals surface area contributed by atoms with E-state index in [4.69, 9.17) is 0 Å². The van der Waals surface area contributed by atoms with E-state index in [9.17, 15) is 0 Å². The summed E-state index contributed by atoms with van der Waals surface area (Å²) in [6, 6.07) is 24.0. The van der Waals surface area contributed by atoms with Gasteiger partial charge in [0.25, 0.3) is 0 Å². The standard InChI is InChI=1S/C22H17Br/c1-14-11-12-15(2)20(13-14)21-16-7-3-5-9-18(16)22(23)19-10-6-4-8-17(19)21/h3-13H,1-2H3. The van der Waals surface area contributed by atoms with Crippen LogP contribution in [0.4, 0.5) is 0 Å². The van der Waals surface area contributed by atoms with Gasteiger partial charge in [-0.15, -0.1) is 0 Å². The van der Waals surface area contributed by atoms with E-state index in [0.717, 1.165) is 0 Å². The SMILES string of the molecule is Cc1ccc(C)c(-c2c3ccccc3c(Br)c3ccccc23)c1. The predicted octanol–water partition coefficient (Wildman–Crippen LogP) is 7.04. The number of hydrogen-bond acceptors (Lipinski definition) is 0. The monoisotopic (exact) mass is 360 g/mol. The molecule has 0 unspecified atom stereocenters. The van der Waals surface area contributed by atoms with Crippen LogP contribution in [0, 0.1) is 13.8 Å². The summed E-state index contributed by atoms with van der Waals surface area (Å²) in [5, 5.41) is 5.13. The van der Waals surface area contributed by atoms with Crippen LogP contribution in [-0.4, -0.2) is 0 Å². The zero-order chi connectivity index (χ0) is 16.0. The molecule has 1 heteroatoms. The first-order valence-electron chi connectivity index (χ1n) is 7.83. The first-order chi connectivity index (χ1) is 11.2. The van der Waals surface area contributed by atoms with Gasteiger partial charge in [0.15, 0.2) is 0 Å². The van der Waals surface area contributed by atoms with Gasteiger partial charge in [0.2, 0.25) is 0 Å². The van der Waals surface area contributed by atoms with Crippen molar-refractivity contribution in [3.63, 3.8) is 0 Å². The van der Waals surface area contributed by atoms with E-state index in [1.54, 1.807) is 0 Å². The topological polar surface area (TPSA) is 0 Å². The minimum Gasteiger partial charge on any atom is -0.0616 e. The lowest BCUT2D eigenvalue weighted by Gasteiger charge is -2.16. The van der Waals surface area contributed by atoms with Gasteiger partial charge in [0.1, 0.15) is 0 Å².